The minimum absolute atomic E-state index is 0.893. The van der Waals surface area contributed by atoms with Crippen molar-refractivity contribution in [3.63, 3.8) is 0 Å². The van der Waals surface area contributed by atoms with Crippen molar-refractivity contribution < 1.29 is 0 Å². The zero-order valence-electron chi connectivity index (χ0n) is 10.3. The van der Waals surface area contributed by atoms with Crippen LogP contribution in [0.15, 0.2) is 84.3 Å². The third-order valence-electron chi connectivity index (χ3n) is 2.50. The summed E-state index contributed by atoms with van der Waals surface area (Å²) in [4.78, 5) is 2.54. The highest BCUT2D eigenvalue weighted by Crippen LogP contribution is 2.34. The molecule has 0 radical (unpaired) electrons. The molecule has 2 rings (SSSR count). The summed E-state index contributed by atoms with van der Waals surface area (Å²) in [6, 6.07) is 20.9. The van der Waals surface area contributed by atoms with Crippen molar-refractivity contribution in [2.75, 3.05) is 0 Å². The van der Waals surface area contributed by atoms with E-state index in [4.69, 9.17) is 0 Å². The van der Waals surface area contributed by atoms with Gasteiger partial charge in [0.1, 0.15) is 0 Å². The second-order valence-corrected chi connectivity index (χ2v) is 4.99. The summed E-state index contributed by atoms with van der Waals surface area (Å²) in [6.45, 7) is 3.78. The SMILES string of the molecule is C=CC/C=C(\Sc1ccccc1)c1ccccc1. The molecule has 0 amide bonds. The van der Waals surface area contributed by atoms with Gasteiger partial charge in [-0.2, -0.15) is 0 Å². The van der Waals surface area contributed by atoms with Crippen molar-refractivity contribution in [3.05, 3.63) is 85.0 Å². The average Bonchev–Trinajstić information content (AvgIpc) is 2.45. The highest BCUT2D eigenvalue weighted by atomic mass is 32.2. The van der Waals surface area contributed by atoms with Crippen LogP contribution in [0.4, 0.5) is 0 Å². The second kappa shape index (κ2) is 6.87. The van der Waals surface area contributed by atoms with E-state index in [0.717, 1.165) is 6.42 Å². The maximum absolute atomic E-state index is 3.78. The standard InChI is InChI=1S/C17H16S/c1-2-3-14-17(15-10-6-4-7-11-15)18-16-12-8-5-9-13-16/h2,4-14H,1,3H2/b17-14-. The fourth-order valence-corrected chi connectivity index (χ4v) is 2.61. The van der Waals surface area contributed by atoms with Crippen molar-refractivity contribution in [3.8, 4) is 0 Å². The molecule has 90 valence electrons. The van der Waals surface area contributed by atoms with E-state index in [1.165, 1.54) is 15.4 Å². The molecule has 2 aromatic rings. The molecule has 0 saturated heterocycles. The first-order chi connectivity index (χ1) is 8.90. The van der Waals surface area contributed by atoms with Crippen molar-refractivity contribution in [1.29, 1.82) is 0 Å². The van der Waals surface area contributed by atoms with E-state index in [1.807, 2.05) is 18.2 Å². The number of allylic oxidation sites excluding steroid dienone is 2. The molecule has 0 bridgehead atoms. The molecular weight excluding hydrogens is 236 g/mol. The molecule has 0 heterocycles. The third kappa shape index (κ3) is 3.64. The fourth-order valence-electron chi connectivity index (χ4n) is 1.63. The Bertz CT molecular complexity index is 512. The van der Waals surface area contributed by atoms with E-state index in [2.05, 4.69) is 61.2 Å². The van der Waals surface area contributed by atoms with Gasteiger partial charge in [-0.1, -0.05) is 72.4 Å². The summed E-state index contributed by atoms with van der Waals surface area (Å²) in [5, 5.41) is 0. The Labute approximate surface area is 113 Å². The summed E-state index contributed by atoms with van der Waals surface area (Å²) in [5.41, 5.74) is 1.26. The normalized spacial score (nSPS) is 11.2. The predicted molar refractivity (Wildman–Crippen MR) is 81.5 cm³/mol. The van der Waals surface area contributed by atoms with Crippen LogP contribution < -0.4 is 0 Å². The molecular formula is C17H16S. The van der Waals surface area contributed by atoms with Crippen LogP contribution in [0, 0.1) is 0 Å². The number of thioether (sulfide) groups is 1. The molecule has 2 aromatic carbocycles. The lowest BCUT2D eigenvalue weighted by Gasteiger charge is -2.07. The lowest BCUT2D eigenvalue weighted by molar-refractivity contribution is 1.41. The van der Waals surface area contributed by atoms with E-state index in [9.17, 15) is 0 Å². The van der Waals surface area contributed by atoms with Gasteiger partial charge in [-0.05, 0) is 24.1 Å². The monoisotopic (exact) mass is 252 g/mol. The summed E-state index contributed by atoms with van der Waals surface area (Å²) in [7, 11) is 0. The van der Waals surface area contributed by atoms with Gasteiger partial charge in [0.25, 0.3) is 0 Å². The maximum atomic E-state index is 3.78. The van der Waals surface area contributed by atoms with Crippen LogP contribution in [-0.4, -0.2) is 0 Å². The molecule has 0 aliphatic heterocycles. The Morgan fingerprint density at radius 1 is 0.944 bits per heavy atom. The molecule has 0 fully saturated rings. The number of hydrogen-bond acceptors (Lipinski definition) is 1. The van der Waals surface area contributed by atoms with Gasteiger partial charge < -0.3 is 0 Å². The average molecular weight is 252 g/mol. The van der Waals surface area contributed by atoms with Crippen LogP contribution in [-0.2, 0) is 0 Å². The summed E-state index contributed by atoms with van der Waals surface area (Å²) < 4.78 is 0. The fraction of sp³-hybridized carbons (Fsp3) is 0.0588. The third-order valence-corrected chi connectivity index (χ3v) is 3.63. The maximum Gasteiger partial charge on any atom is 0.0158 e. The molecule has 0 aromatic heterocycles. The first kappa shape index (κ1) is 12.7. The summed E-state index contributed by atoms with van der Waals surface area (Å²) in [6.07, 6.45) is 5.04. The second-order valence-electron chi connectivity index (χ2n) is 3.87. The van der Waals surface area contributed by atoms with Gasteiger partial charge in [-0.25, -0.2) is 0 Å². The lowest BCUT2D eigenvalue weighted by Crippen LogP contribution is -1.80. The van der Waals surface area contributed by atoms with E-state index >= 15 is 0 Å². The van der Waals surface area contributed by atoms with Crippen LogP contribution in [0.1, 0.15) is 12.0 Å². The highest BCUT2D eigenvalue weighted by molar-refractivity contribution is 8.08. The first-order valence-corrected chi connectivity index (χ1v) is 6.81. The lowest BCUT2D eigenvalue weighted by atomic mass is 10.2. The van der Waals surface area contributed by atoms with Gasteiger partial charge in [0.15, 0.2) is 0 Å². The van der Waals surface area contributed by atoms with Crippen LogP contribution in [0.5, 0.6) is 0 Å². The molecule has 0 aliphatic rings. The summed E-state index contributed by atoms with van der Waals surface area (Å²) >= 11 is 1.80. The van der Waals surface area contributed by atoms with Gasteiger partial charge in [0.05, 0.1) is 0 Å². The molecule has 0 atom stereocenters. The van der Waals surface area contributed by atoms with Gasteiger partial charge in [0.2, 0.25) is 0 Å². The Balaban J connectivity index is 2.24. The van der Waals surface area contributed by atoms with Crippen LogP contribution in [0.3, 0.4) is 0 Å². The molecule has 0 nitrogen and oxygen atoms in total. The molecule has 0 spiro atoms. The first-order valence-electron chi connectivity index (χ1n) is 5.99. The minimum atomic E-state index is 0.893. The minimum Gasteiger partial charge on any atom is -0.103 e. The van der Waals surface area contributed by atoms with Gasteiger partial charge >= 0.3 is 0 Å². The number of rotatable bonds is 5. The van der Waals surface area contributed by atoms with Crippen LogP contribution in [0.2, 0.25) is 0 Å². The van der Waals surface area contributed by atoms with Gasteiger partial charge in [-0.15, -0.1) is 6.58 Å². The smallest absolute Gasteiger partial charge is 0.0158 e. The van der Waals surface area contributed by atoms with Crippen molar-refractivity contribution >= 4 is 16.7 Å². The Morgan fingerprint density at radius 3 is 2.17 bits per heavy atom. The zero-order chi connectivity index (χ0) is 12.6. The Hall–Kier alpha value is -1.73. The van der Waals surface area contributed by atoms with E-state index in [0.29, 0.717) is 0 Å². The molecule has 0 N–H and O–H groups in total. The highest BCUT2D eigenvalue weighted by Gasteiger charge is 2.02. The quantitative estimate of drug-likeness (QED) is 0.507. The van der Waals surface area contributed by atoms with E-state index in [-0.39, 0.29) is 0 Å². The van der Waals surface area contributed by atoms with Gasteiger partial charge in [0, 0.05) is 9.80 Å². The zero-order valence-corrected chi connectivity index (χ0v) is 11.1. The number of hydrogen-bond donors (Lipinski definition) is 0. The summed E-state index contributed by atoms with van der Waals surface area (Å²) in [5.74, 6) is 0. The molecule has 0 saturated carbocycles. The molecule has 0 aliphatic carbocycles. The van der Waals surface area contributed by atoms with E-state index < -0.39 is 0 Å². The largest absolute Gasteiger partial charge is 0.103 e. The topological polar surface area (TPSA) is 0 Å². The molecule has 0 unspecified atom stereocenters. The Morgan fingerprint density at radius 2 is 1.56 bits per heavy atom. The Kier molecular flexibility index (Phi) is 4.86. The van der Waals surface area contributed by atoms with Crippen LogP contribution in [0.25, 0.3) is 4.91 Å². The number of benzene rings is 2. The molecule has 1 heteroatoms. The molecule has 18 heavy (non-hydrogen) atoms. The predicted octanol–water partition coefficient (Wildman–Crippen LogP) is 5.40. The van der Waals surface area contributed by atoms with Crippen molar-refractivity contribution in [2.45, 2.75) is 11.3 Å². The van der Waals surface area contributed by atoms with Crippen molar-refractivity contribution in [1.82, 2.24) is 0 Å². The van der Waals surface area contributed by atoms with Crippen molar-refractivity contribution in [2.24, 2.45) is 0 Å². The van der Waals surface area contributed by atoms with Crippen LogP contribution >= 0.6 is 11.8 Å². The van der Waals surface area contributed by atoms with E-state index in [1.54, 1.807) is 11.8 Å². The van der Waals surface area contributed by atoms with Gasteiger partial charge in [-0.3, -0.25) is 0 Å².